The molecular formula is C21H28N2O4S. The molecule has 0 fully saturated rings. The van der Waals surface area contributed by atoms with Gasteiger partial charge >= 0.3 is 0 Å². The zero-order chi connectivity index (χ0) is 20.7. The van der Waals surface area contributed by atoms with Crippen LogP contribution in [-0.2, 0) is 21.4 Å². The summed E-state index contributed by atoms with van der Waals surface area (Å²) in [5.41, 5.74) is 3.65. The summed E-state index contributed by atoms with van der Waals surface area (Å²) < 4.78 is 31.0. The number of nitrogens with one attached hydrogen (secondary N) is 1. The monoisotopic (exact) mass is 404 g/mol. The minimum absolute atomic E-state index is 0.126. The largest absolute Gasteiger partial charge is 0.496 e. The molecule has 2 aromatic carbocycles. The maximum atomic E-state index is 12.2. The number of sulfonamides is 1. The molecule has 2 rings (SSSR count). The topological polar surface area (TPSA) is 75.7 Å². The van der Waals surface area contributed by atoms with Gasteiger partial charge in [-0.15, -0.1) is 0 Å². The minimum Gasteiger partial charge on any atom is -0.496 e. The standard InChI is InChI=1S/C21H28N2O4S/c1-16-11-12-19(14-17(16)2)23(28(4,25)26)13-7-10-21(24)22-15-18-8-5-6-9-20(18)27-3/h5-6,8-9,11-12,14H,7,10,13,15H2,1-4H3,(H,22,24). The molecule has 2 aromatic rings. The summed E-state index contributed by atoms with van der Waals surface area (Å²) in [5, 5.41) is 2.86. The maximum Gasteiger partial charge on any atom is 0.232 e. The number of rotatable bonds is 9. The highest BCUT2D eigenvalue weighted by Gasteiger charge is 2.18. The van der Waals surface area contributed by atoms with Crippen LogP contribution in [0.2, 0.25) is 0 Å². The Labute approximate surface area is 167 Å². The first-order valence-corrected chi connectivity index (χ1v) is 11.0. The lowest BCUT2D eigenvalue weighted by Gasteiger charge is -2.23. The van der Waals surface area contributed by atoms with Gasteiger partial charge in [0.05, 0.1) is 19.1 Å². The van der Waals surface area contributed by atoms with Gasteiger partial charge in [0, 0.05) is 25.1 Å². The third-order valence-electron chi connectivity index (χ3n) is 4.61. The number of ether oxygens (including phenoxy) is 1. The number of methoxy groups -OCH3 is 1. The Morgan fingerprint density at radius 3 is 2.46 bits per heavy atom. The van der Waals surface area contributed by atoms with E-state index in [1.807, 2.05) is 50.2 Å². The second kappa shape index (κ2) is 9.59. The molecule has 152 valence electrons. The Bertz CT molecular complexity index is 926. The van der Waals surface area contributed by atoms with Gasteiger partial charge in [0.1, 0.15) is 5.75 Å². The van der Waals surface area contributed by atoms with Crippen LogP contribution >= 0.6 is 0 Å². The fourth-order valence-electron chi connectivity index (χ4n) is 2.88. The quantitative estimate of drug-likeness (QED) is 0.696. The number of hydrogen-bond acceptors (Lipinski definition) is 4. The lowest BCUT2D eigenvalue weighted by molar-refractivity contribution is -0.121. The summed E-state index contributed by atoms with van der Waals surface area (Å²) in [5.74, 6) is 0.597. The van der Waals surface area contributed by atoms with Gasteiger partial charge in [0.25, 0.3) is 0 Å². The first-order valence-electron chi connectivity index (χ1n) is 9.16. The van der Waals surface area contributed by atoms with Gasteiger partial charge in [0.15, 0.2) is 0 Å². The molecular weight excluding hydrogens is 376 g/mol. The Morgan fingerprint density at radius 1 is 1.11 bits per heavy atom. The normalized spacial score (nSPS) is 11.1. The molecule has 0 aliphatic heterocycles. The molecule has 1 N–H and O–H groups in total. The molecule has 1 amide bonds. The predicted octanol–water partition coefficient (Wildman–Crippen LogP) is 3.17. The second-order valence-corrected chi connectivity index (χ2v) is 8.70. The van der Waals surface area contributed by atoms with Crippen LogP contribution in [0.3, 0.4) is 0 Å². The molecule has 6 nitrogen and oxygen atoms in total. The lowest BCUT2D eigenvalue weighted by atomic mass is 10.1. The van der Waals surface area contributed by atoms with Crippen LogP contribution in [0.5, 0.6) is 5.75 Å². The molecule has 28 heavy (non-hydrogen) atoms. The summed E-state index contributed by atoms with van der Waals surface area (Å²) in [4.78, 5) is 12.2. The minimum atomic E-state index is -3.42. The third-order valence-corrected chi connectivity index (χ3v) is 5.81. The number of aryl methyl sites for hydroxylation is 2. The molecule has 0 radical (unpaired) electrons. The SMILES string of the molecule is COc1ccccc1CNC(=O)CCCN(c1ccc(C)c(C)c1)S(C)(=O)=O. The van der Waals surface area contributed by atoms with Crippen LogP contribution in [-0.4, -0.2) is 34.2 Å². The number of anilines is 1. The van der Waals surface area contributed by atoms with Crippen molar-refractivity contribution in [1.82, 2.24) is 5.32 Å². The molecule has 0 saturated carbocycles. The van der Waals surface area contributed by atoms with E-state index in [1.165, 1.54) is 10.6 Å². The number of carbonyl (C=O) groups excluding carboxylic acids is 1. The zero-order valence-electron chi connectivity index (χ0n) is 16.9. The van der Waals surface area contributed by atoms with Crippen LogP contribution in [0, 0.1) is 13.8 Å². The summed E-state index contributed by atoms with van der Waals surface area (Å²) in [7, 11) is -1.83. The number of carbonyl (C=O) groups is 1. The van der Waals surface area contributed by atoms with Gasteiger partial charge in [0.2, 0.25) is 15.9 Å². The van der Waals surface area contributed by atoms with Crippen LogP contribution in [0.25, 0.3) is 0 Å². The summed E-state index contributed by atoms with van der Waals surface area (Å²) >= 11 is 0. The van der Waals surface area contributed by atoms with E-state index in [0.717, 1.165) is 22.4 Å². The number of para-hydroxylation sites is 1. The molecule has 0 spiro atoms. The average Bonchev–Trinajstić information content (AvgIpc) is 2.65. The third kappa shape index (κ3) is 5.99. The molecule has 0 aliphatic rings. The van der Waals surface area contributed by atoms with Gasteiger partial charge in [-0.05, 0) is 49.6 Å². The molecule has 0 atom stereocenters. The number of nitrogens with zero attached hydrogens (tertiary/aromatic N) is 1. The fourth-order valence-corrected chi connectivity index (χ4v) is 3.84. The van der Waals surface area contributed by atoms with Crippen LogP contribution in [0.15, 0.2) is 42.5 Å². The summed E-state index contributed by atoms with van der Waals surface area (Å²) in [6.07, 6.45) is 1.85. The summed E-state index contributed by atoms with van der Waals surface area (Å²) in [6, 6.07) is 13.1. The maximum absolute atomic E-state index is 12.2. The highest BCUT2D eigenvalue weighted by Crippen LogP contribution is 2.22. The van der Waals surface area contributed by atoms with E-state index in [1.54, 1.807) is 13.2 Å². The van der Waals surface area contributed by atoms with E-state index in [0.29, 0.717) is 18.7 Å². The van der Waals surface area contributed by atoms with E-state index in [-0.39, 0.29) is 18.9 Å². The number of hydrogen-bond donors (Lipinski definition) is 1. The van der Waals surface area contributed by atoms with E-state index < -0.39 is 10.0 Å². The van der Waals surface area contributed by atoms with Crippen molar-refractivity contribution < 1.29 is 17.9 Å². The highest BCUT2D eigenvalue weighted by atomic mass is 32.2. The fraction of sp³-hybridized carbons (Fsp3) is 0.381. The highest BCUT2D eigenvalue weighted by molar-refractivity contribution is 7.92. The van der Waals surface area contributed by atoms with Gasteiger partial charge in [-0.2, -0.15) is 0 Å². The van der Waals surface area contributed by atoms with Crippen molar-refractivity contribution in [3.8, 4) is 5.75 Å². The van der Waals surface area contributed by atoms with Gasteiger partial charge < -0.3 is 10.1 Å². The molecule has 0 unspecified atom stereocenters. The second-order valence-electron chi connectivity index (χ2n) is 6.80. The molecule has 0 aliphatic carbocycles. The van der Waals surface area contributed by atoms with Crippen molar-refractivity contribution >= 4 is 21.6 Å². The van der Waals surface area contributed by atoms with Crippen molar-refractivity contribution in [1.29, 1.82) is 0 Å². The lowest BCUT2D eigenvalue weighted by Crippen LogP contribution is -2.32. The first-order chi connectivity index (χ1) is 13.2. The summed E-state index contributed by atoms with van der Waals surface area (Å²) in [6.45, 7) is 4.56. The Balaban J connectivity index is 1.93. The van der Waals surface area contributed by atoms with Gasteiger partial charge in [-0.25, -0.2) is 8.42 Å². The van der Waals surface area contributed by atoms with Crippen LogP contribution in [0.1, 0.15) is 29.5 Å². The zero-order valence-corrected chi connectivity index (χ0v) is 17.7. The van der Waals surface area contributed by atoms with Crippen LogP contribution < -0.4 is 14.4 Å². The van der Waals surface area contributed by atoms with Crippen molar-refractivity contribution in [3.63, 3.8) is 0 Å². The molecule has 7 heteroatoms. The van der Waals surface area contributed by atoms with Crippen molar-refractivity contribution in [2.75, 3.05) is 24.2 Å². The smallest absolute Gasteiger partial charge is 0.232 e. The Morgan fingerprint density at radius 2 is 1.82 bits per heavy atom. The molecule has 0 aromatic heterocycles. The van der Waals surface area contributed by atoms with Gasteiger partial charge in [-0.1, -0.05) is 24.3 Å². The average molecular weight is 405 g/mol. The first kappa shape index (κ1) is 21.8. The van der Waals surface area contributed by atoms with Crippen LogP contribution in [0.4, 0.5) is 5.69 Å². The van der Waals surface area contributed by atoms with E-state index in [4.69, 9.17) is 4.74 Å². The van der Waals surface area contributed by atoms with Crippen molar-refractivity contribution in [2.24, 2.45) is 0 Å². The number of amides is 1. The Hall–Kier alpha value is -2.54. The number of benzene rings is 2. The molecule has 0 bridgehead atoms. The van der Waals surface area contributed by atoms with E-state index in [2.05, 4.69) is 5.32 Å². The van der Waals surface area contributed by atoms with E-state index >= 15 is 0 Å². The van der Waals surface area contributed by atoms with Gasteiger partial charge in [-0.3, -0.25) is 9.10 Å². The molecule has 0 saturated heterocycles. The Kier molecular flexibility index (Phi) is 7.45. The van der Waals surface area contributed by atoms with E-state index in [9.17, 15) is 13.2 Å². The predicted molar refractivity (Wildman–Crippen MR) is 112 cm³/mol. The van der Waals surface area contributed by atoms with Crippen molar-refractivity contribution in [3.05, 3.63) is 59.2 Å². The molecule has 0 heterocycles. The van der Waals surface area contributed by atoms with Crippen molar-refractivity contribution in [2.45, 2.75) is 33.2 Å².